The lowest BCUT2D eigenvalue weighted by Crippen LogP contribution is -2.36. The molecular weight excluding hydrogens is 377 g/mol. The molecule has 2 aromatic heterocycles. The van der Waals surface area contributed by atoms with Crippen LogP contribution in [0.25, 0.3) is 20.8 Å². The van der Waals surface area contributed by atoms with Crippen LogP contribution in [0.3, 0.4) is 0 Å². The summed E-state index contributed by atoms with van der Waals surface area (Å²) in [5, 5.41) is 0.958. The van der Waals surface area contributed by atoms with Crippen LogP contribution in [-0.2, 0) is 0 Å². The molecule has 0 spiro atoms. The fraction of sp³-hybridized carbons (Fsp3) is 0.294. The van der Waals surface area contributed by atoms with Gasteiger partial charge >= 0.3 is 0 Å². The summed E-state index contributed by atoms with van der Waals surface area (Å²) < 4.78 is 15.7. The fourth-order valence-corrected chi connectivity index (χ4v) is 4.36. The molecule has 23 heavy (non-hydrogen) atoms. The van der Waals surface area contributed by atoms with Crippen LogP contribution in [0.15, 0.2) is 41.0 Å². The van der Waals surface area contributed by atoms with Crippen LogP contribution in [0, 0.1) is 0 Å². The van der Waals surface area contributed by atoms with E-state index in [0.717, 1.165) is 44.0 Å². The highest BCUT2D eigenvalue weighted by Gasteiger charge is 2.20. The van der Waals surface area contributed by atoms with Crippen LogP contribution >= 0.6 is 27.3 Å². The molecule has 6 heteroatoms. The van der Waals surface area contributed by atoms with Crippen molar-refractivity contribution in [1.29, 1.82) is 0 Å². The molecule has 3 nitrogen and oxygen atoms in total. The van der Waals surface area contributed by atoms with E-state index >= 15 is 0 Å². The summed E-state index contributed by atoms with van der Waals surface area (Å²) in [4.78, 5) is 11.2. The third-order valence-electron chi connectivity index (χ3n) is 4.03. The van der Waals surface area contributed by atoms with Gasteiger partial charge in [-0.25, -0.2) is 14.4 Å². The fourth-order valence-electron chi connectivity index (χ4n) is 2.85. The molecule has 1 atom stereocenters. The van der Waals surface area contributed by atoms with E-state index in [1.807, 2.05) is 35.4 Å². The molecule has 0 unspecified atom stereocenters. The first-order valence-corrected chi connectivity index (χ1v) is 9.21. The van der Waals surface area contributed by atoms with Crippen LogP contribution in [0.1, 0.15) is 12.8 Å². The maximum Gasteiger partial charge on any atom is 0.128 e. The summed E-state index contributed by atoms with van der Waals surface area (Å²) in [5.74, 6) is 0.847. The minimum Gasteiger partial charge on any atom is -0.354 e. The average Bonchev–Trinajstić information content (AvgIpc) is 2.98. The van der Waals surface area contributed by atoms with Gasteiger partial charge in [-0.3, -0.25) is 0 Å². The number of fused-ring (bicyclic) bond motifs is 1. The Morgan fingerprint density at radius 3 is 2.96 bits per heavy atom. The highest BCUT2D eigenvalue weighted by molar-refractivity contribution is 9.10. The second kappa shape index (κ2) is 6.17. The lowest BCUT2D eigenvalue weighted by molar-refractivity contribution is 0.286. The predicted molar refractivity (Wildman–Crippen MR) is 96.9 cm³/mol. The highest BCUT2D eigenvalue weighted by atomic mass is 79.9. The number of anilines is 1. The zero-order valence-electron chi connectivity index (χ0n) is 12.4. The standard InChI is InChI=1S/C17H15BrFN3S/c18-12-4-5-14-15(8-12)23-17(21-14)11-3-6-16(20-9-11)22-7-1-2-13(19)10-22/h3-6,8-9,13H,1-2,7,10H2/t13-/m0/s1. The number of hydrogen-bond donors (Lipinski definition) is 0. The Morgan fingerprint density at radius 2 is 2.17 bits per heavy atom. The molecule has 0 N–H and O–H groups in total. The lowest BCUT2D eigenvalue weighted by Gasteiger charge is -2.29. The normalized spacial score (nSPS) is 18.5. The van der Waals surface area contributed by atoms with Crippen LogP contribution < -0.4 is 4.90 Å². The molecule has 1 fully saturated rings. The van der Waals surface area contributed by atoms with Crippen molar-refractivity contribution < 1.29 is 4.39 Å². The van der Waals surface area contributed by atoms with Crippen LogP contribution in [-0.4, -0.2) is 29.2 Å². The van der Waals surface area contributed by atoms with Crippen molar-refractivity contribution >= 4 is 43.3 Å². The van der Waals surface area contributed by atoms with Gasteiger partial charge in [-0.15, -0.1) is 11.3 Å². The first kappa shape index (κ1) is 15.0. The van der Waals surface area contributed by atoms with Gasteiger partial charge in [0.05, 0.1) is 16.8 Å². The van der Waals surface area contributed by atoms with E-state index in [0.29, 0.717) is 13.0 Å². The van der Waals surface area contributed by atoms with E-state index in [1.54, 1.807) is 11.3 Å². The van der Waals surface area contributed by atoms with E-state index in [9.17, 15) is 4.39 Å². The maximum absolute atomic E-state index is 13.5. The summed E-state index contributed by atoms with van der Waals surface area (Å²) in [7, 11) is 0. The minimum atomic E-state index is -0.743. The number of nitrogens with zero attached hydrogens (tertiary/aromatic N) is 3. The Kier molecular flexibility index (Phi) is 4.03. The largest absolute Gasteiger partial charge is 0.354 e. The number of benzene rings is 1. The van der Waals surface area contributed by atoms with Crippen molar-refractivity contribution in [2.24, 2.45) is 0 Å². The van der Waals surface area contributed by atoms with Gasteiger partial charge in [0.15, 0.2) is 0 Å². The van der Waals surface area contributed by atoms with Crippen LogP contribution in [0.2, 0.25) is 0 Å². The van der Waals surface area contributed by atoms with E-state index in [1.165, 1.54) is 0 Å². The second-order valence-electron chi connectivity index (χ2n) is 5.72. The lowest BCUT2D eigenvalue weighted by atomic mass is 10.1. The van der Waals surface area contributed by atoms with Gasteiger partial charge in [0.1, 0.15) is 17.0 Å². The van der Waals surface area contributed by atoms with E-state index in [4.69, 9.17) is 0 Å². The second-order valence-corrected chi connectivity index (χ2v) is 7.67. The predicted octanol–water partition coefficient (Wildman–Crippen LogP) is 5.06. The first-order chi connectivity index (χ1) is 11.2. The molecule has 1 saturated heterocycles. The number of aromatic nitrogens is 2. The molecule has 1 aliphatic heterocycles. The number of halogens is 2. The van der Waals surface area contributed by atoms with Crippen molar-refractivity contribution in [1.82, 2.24) is 9.97 Å². The third kappa shape index (κ3) is 3.10. The van der Waals surface area contributed by atoms with Crippen LogP contribution in [0.5, 0.6) is 0 Å². The molecule has 4 rings (SSSR count). The van der Waals surface area contributed by atoms with E-state index in [2.05, 4.69) is 32.0 Å². The van der Waals surface area contributed by atoms with Gasteiger partial charge in [0, 0.05) is 22.8 Å². The van der Waals surface area contributed by atoms with E-state index < -0.39 is 6.17 Å². The molecule has 0 saturated carbocycles. The molecule has 1 aromatic carbocycles. The monoisotopic (exact) mass is 391 g/mol. The molecule has 3 aromatic rings. The molecule has 0 bridgehead atoms. The Balaban J connectivity index is 1.61. The number of alkyl halides is 1. The molecule has 0 radical (unpaired) electrons. The number of hydrogen-bond acceptors (Lipinski definition) is 4. The van der Waals surface area contributed by atoms with Crippen molar-refractivity contribution in [3.63, 3.8) is 0 Å². The molecule has 3 heterocycles. The molecule has 0 aliphatic carbocycles. The van der Waals surface area contributed by atoms with Crippen molar-refractivity contribution in [2.75, 3.05) is 18.0 Å². The van der Waals surface area contributed by atoms with Crippen LogP contribution in [0.4, 0.5) is 10.2 Å². The molecule has 0 amide bonds. The Morgan fingerprint density at radius 1 is 1.26 bits per heavy atom. The van der Waals surface area contributed by atoms with Crippen molar-refractivity contribution in [3.8, 4) is 10.6 Å². The topological polar surface area (TPSA) is 29.0 Å². The summed E-state index contributed by atoms with van der Waals surface area (Å²) in [6.45, 7) is 1.32. The summed E-state index contributed by atoms with van der Waals surface area (Å²) in [6.07, 6.45) is 2.64. The minimum absolute atomic E-state index is 0.446. The smallest absolute Gasteiger partial charge is 0.128 e. The van der Waals surface area contributed by atoms with Gasteiger partial charge in [-0.2, -0.15) is 0 Å². The maximum atomic E-state index is 13.5. The Labute approximate surface area is 146 Å². The molecule has 118 valence electrons. The molecule has 1 aliphatic rings. The van der Waals surface area contributed by atoms with Crippen molar-refractivity contribution in [2.45, 2.75) is 19.0 Å². The van der Waals surface area contributed by atoms with Gasteiger partial charge < -0.3 is 4.90 Å². The molecular formula is C17H15BrFN3S. The SMILES string of the molecule is F[C@H]1CCCN(c2ccc(-c3nc4ccc(Br)cc4s3)cn2)C1. The zero-order valence-corrected chi connectivity index (χ0v) is 14.8. The van der Waals surface area contributed by atoms with Gasteiger partial charge in [-0.1, -0.05) is 15.9 Å². The zero-order chi connectivity index (χ0) is 15.8. The first-order valence-electron chi connectivity index (χ1n) is 7.60. The van der Waals surface area contributed by atoms with E-state index in [-0.39, 0.29) is 0 Å². The summed E-state index contributed by atoms with van der Waals surface area (Å²) in [5.41, 5.74) is 1.99. The van der Waals surface area contributed by atoms with Gasteiger partial charge in [0.2, 0.25) is 0 Å². The highest BCUT2D eigenvalue weighted by Crippen LogP contribution is 2.32. The van der Waals surface area contributed by atoms with Gasteiger partial charge in [-0.05, 0) is 43.2 Å². The van der Waals surface area contributed by atoms with Gasteiger partial charge in [0.25, 0.3) is 0 Å². The number of thiazole rings is 1. The summed E-state index contributed by atoms with van der Waals surface area (Å²) in [6, 6.07) is 10.1. The average molecular weight is 392 g/mol. The number of piperidine rings is 1. The summed E-state index contributed by atoms with van der Waals surface area (Å²) >= 11 is 5.14. The number of rotatable bonds is 2. The Bertz CT molecular complexity index is 833. The van der Waals surface area contributed by atoms with Crippen molar-refractivity contribution in [3.05, 3.63) is 41.0 Å². The third-order valence-corrected chi connectivity index (χ3v) is 5.59. The number of pyridine rings is 1. The quantitative estimate of drug-likeness (QED) is 0.611. The Hall–Kier alpha value is -1.53.